The van der Waals surface area contributed by atoms with Gasteiger partial charge in [-0.3, -0.25) is 0 Å². The van der Waals surface area contributed by atoms with Crippen molar-refractivity contribution < 1.29 is 4.74 Å². The molecule has 1 aliphatic rings. The lowest BCUT2D eigenvalue weighted by Gasteiger charge is -2.34. The van der Waals surface area contributed by atoms with E-state index in [1.807, 2.05) is 24.4 Å². The Labute approximate surface area is 153 Å². The molecule has 1 aromatic heterocycles. The van der Waals surface area contributed by atoms with Crippen LogP contribution in [0.4, 0.5) is 0 Å². The van der Waals surface area contributed by atoms with Gasteiger partial charge in [0.25, 0.3) is 0 Å². The molecule has 4 heteroatoms. The maximum atomic E-state index is 5.84. The minimum atomic E-state index is -0.525. The largest absolute Gasteiger partial charge is 0.365 e. The van der Waals surface area contributed by atoms with Gasteiger partial charge in [-0.2, -0.15) is 0 Å². The number of halogens is 2. The molecule has 118 valence electrons. The summed E-state index contributed by atoms with van der Waals surface area (Å²) in [7, 11) is 1.74. The van der Waals surface area contributed by atoms with E-state index in [4.69, 9.17) is 4.74 Å². The monoisotopic (exact) mass is 433 g/mol. The van der Waals surface area contributed by atoms with Gasteiger partial charge in [0.15, 0.2) is 0 Å². The lowest BCUT2D eigenvalue weighted by molar-refractivity contribution is 0.0698. The predicted molar refractivity (Wildman–Crippen MR) is 100 cm³/mol. The first-order valence-electron chi connectivity index (χ1n) is 7.31. The van der Waals surface area contributed by atoms with Crippen LogP contribution in [0.25, 0.3) is 0 Å². The summed E-state index contributed by atoms with van der Waals surface area (Å²) in [5.41, 5.74) is 1.54. The van der Waals surface area contributed by atoms with E-state index < -0.39 is 5.60 Å². The quantitative estimate of drug-likeness (QED) is 0.467. The number of rotatable bonds is 3. The molecule has 0 atom stereocenters. The predicted octanol–water partition coefficient (Wildman–Crippen LogP) is 5.53. The van der Waals surface area contributed by atoms with Gasteiger partial charge in [0, 0.05) is 23.2 Å². The van der Waals surface area contributed by atoms with Gasteiger partial charge in [0.2, 0.25) is 0 Å². The van der Waals surface area contributed by atoms with Crippen molar-refractivity contribution in [3.05, 3.63) is 87.1 Å². The highest BCUT2D eigenvalue weighted by Gasteiger charge is 2.33. The molecule has 2 aromatic rings. The zero-order chi connectivity index (χ0) is 16.5. The van der Waals surface area contributed by atoms with E-state index in [-0.39, 0.29) is 5.41 Å². The molecule has 0 unspecified atom stereocenters. The van der Waals surface area contributed by atoms with Crippen molar-refractivity contribution in [1.82, 2.24) is 4.98 Å². The second kappa shape index (κ2) is 6.34. The third-order valence-corrected chi connectivity index (χ3v) is 5.33. The Kier molecular flexibility index (Phi) is 4.59. The molecule has 0 fully saturated rings. The fourth-order valence-electron chi connectivity index (χ4n) is 2.75. The van der Waals surface area contributed by atoms with Crippen molar-refractivity contribution in [3.63, 3.8) is 0 Å². The van der Waals surface area contributed by atoms with Crippen LogP contribution in [0.1, 0.15) is 18.1 Å². The van der Waals surface area contributed by atoms with Crippen LogP contribution in [0, 0.1) is 0 Å². The zero-order valence-electron chi connectivity index (χ0n) is 13.0. The van der Waals surface area contributed by atoms with E-state index in [0.717, 1.165) is 20.2 Å². The topological polar surface area (TPSA) is 22.1 Å². The average molecular weight is 435 g/mol. The van der Waals surface area contributed by atoms with Crippen LogP contribution in [0.2, 0.25) is 0 Å². The van der Waals surface area contributed by atoms with E-state index in [9.17, 15) is 0 Å². The molecule has 23 heavy (non-hydrogen) atoms. The normalized spacial score (nSPS) is 26.4. The highest BCUT2D eigenvalue weighted by molar-refractivity contribution is 9.10. The van der Waals surface area contributed by atoms with Crippen LogP contribution in [-0.2, 0) is 15.8 Å². The summed E-state index contributed by atoms with van der Waals surface area (Å²) in [5.74, 6) is 0. The molecule has 0 saturated heterocycles. The number of pyridine rings is 1. The summed E-state index contributed by atoms with van der Waals surface area (Å²) in [6, 6.07) is 12.3. The Hall–Kier alpha value is -1.23. The molecular weight excluding hydrogens is 418 g/mol. The Morgan fingerprint density at radius 1 is 0.870 bits per heavy atom. The number of methoxy groups -OCH3 is 1. The van der Waals surface area contributed by atoms with Crippen LogP contribution in [0.15, 0.2) is 76.0 Å². The fourth-order valence-corrected chi connectivity index (χ4v) is 3.25. The summed E-state index contributed by atoms with van der Waals surface area (Å²) in [5, 5.41) is 0. The Balaban J connectivity index is 1.96. The van der Waals surface area contributed by atoms with Crippen LogP contribution in [0.3, 0.4) is 0 Å². The zero-order valence-corrected chi connectivity index (χ0v) is 16.1. The molecule has 3 rings (SSSR count). The van der Waals surface area contributed by atoms with Crippen molar-refractivity contribution in [3.8, 4) is 0 Å². The Morgan fingerprint density at radius 2 is 1.48 bits per heavy atom. The van der Waals surface area contributed by atoms with E-state index in [2.05, 4.69) is 86.3 Å². The third-order valence-electron chi connectivity index (χ3n) is 4.34. The molecule has 0 amide bonds. The molecule has 0 radical (unpaired) electrons. The second-order valence-electron chi connectivity index (χ2n) is 5.82. The smallest absolute Gasteiger partial charge is 0.129 e. The van der Waals surface area contributed by atoms with Gasteiger partial charge >= 0.3 is 0 Å². The number of aromatic nitrogens is 1. The van der Waals surface area contributed by atoms with E-state index >= 15 is 0 Å². The standard InChI is InChI=1S/C19H17Br2NO/c1-18(15-5-8-17(21)22-13-15)9-11-19(23-2,12-10-18)14-3-6-16(20)7-4-14/h3-13H,1-2H3. The maximum Gasteiger partial charge on any atom is 0.129 e. The number of nitrogens with zero attached hydrogens (tertiary/aromatic N) is 1. The highest BCUT2D eigenvalue weighted by Crippen LogP contribution is 2.39. The van der Waals surface area contributed by atoms with Crippen molar-refractivity contribution in [2.24, 2.45) is 0 Å². The molecular formula is C19H17Br2NO. The molecule has 0 aliphatic heterocycles. The maximum absolute atomic E-state index is 5.84. The molecule has 0 saturated carbocycles. The van der Waals surface area contributed by atoms with Crippen LogP contribution in [0.5, 0.6) is 0 Å². The number of allylic oxidation sites excluding steroid dienone is 2. The van der Waals surface area contributed by atoms with Crippen molar-refractivity contribution in [2.75, 3.05) is 7.11 Å². The van der Waals surface area contributed by atoms with Crippen LogP contribution < -0.4 is 0 Å². The van der Waals surface area contributed by atoms with Crippen molar-refractivity contribution in [1.29, 1.82) is 0 Å². The molecule has 0 spiro atoms. The summed E-state index contributed by atoms with van der Waals surface area (Å²) in [6.07, 6.45) is 10.5. The van der Waals surface area contributed by atoms with Crippen LogP contribution >= 0.6 is 31.9 Å². The molecule has 1 aliphatic carbocycles. The molecule has 0 bridgehead atoms. The van der Waals surface area contributed by atoms with E-state index in [1.165, 1.54) is 0 Å². The Morgan fingerprint density at radius 3 is 2.00 bits per heavy atom. The number of hydrogen-bond acceptors (Lipinski definition) is 2. The van der Waals surface area contributed by atoms with E-state index in [0.29, 0.717) is 0 Å². The van der Waals surface area contributed by atoms with Crippen molar-refractivity contribution >= 4 is 31.9 Å². The first kappa shape index (κ1) is 16.6. The van der Waals surface area contributed by atoms with Gasteiger partial charge in [-0.1, -0.05) is 46.3 Å². The average Bonchev–Trinajstić information content (AvgIpc) is 2.57. The molecule has 1 aromatic carbocycles. The molecule has 1 heterocycles. The SMILES string of the molecule is COC1(c2ccc(Br)cc2)C=CC(C)(c2ccc(Br)nc2)C=C1. The number of hydrogen-bond donors (Lipinski definition) is 0. The highest BCUT2D eigenvalue weighted by atomic mass is 79.9. The minimum absolute atomic E-state index is 0.189. The van der Waals surface area contributed by atoms with Gasteiger partial charge in [-0.15, -0.1) is 0 Å². The summed E-state index contributed by atoms with van der Waals surface area (Å²) in [4.78, 5) is 4.34. The van der Waals surface area contributed by atoms with E-state index in [1.54, 1.807) is 7.11 Å². The second-order valence-corrected chi connectivity index (χ2v) is 7.55. The summed E-state index contributed by atoms with van der Waals surface area (Å²) < 4.78 is 7.74. The Bertz CT molecular complexity index is 734. The summed E-state index contributed by atoms with van der Waals surface area (Å²) in [6.45, 7) is 2.17. The first-order valence-corrected chi connectivity index (χ1v) is 8.90. The molecule has 0 N–H and O–H groups in total. The lowest BCUT2D eigenvalue weighted by Crippen LogP contribution is -2.30. The van der Waals surface area contributed by atoms with Crippen LogP contribution in [-0.4, -0.2) is 12.1 Å². The summed E-state index contributed by atoms with van der Waals surface area (Å²) >= 11 is 6.86. The third kappa shape index (κ3) is 3.21. The van der Waals surface area contributed by atoms with Gasteiger partial charge in [-0.05, 0) is 64.3 Å². The molecule has 2 nitrogen and oxygen atoms in total. The van der Waals surface area contributed by atoms with Crippen molar-refractivity contribution in [2.45, 2.75) is 17.9 Å². The lowest BCUT2D eigenvalue weighted by atomic mass is 9.75. The van der Waals surface area contributed by atoms with Gasteiger partial charge in [0.05, 0.1) is 0 Å². The fraction of sp³-hybridized carbons (Fsp3) is 0.211. The number of benzene rings is 1. The van der Waals surface area contributed by atoms with Gasteiger partial charge in [-0.25, -0.2) is 4.98 Å². The minimum Gasteiger partial charge on any atom is -0.365 e. The van der Waals surface area contributed by atoms with Gasteiger partial charge in [0.1, 0.15) is 10.2 Å². The first-order chi connectivity index (χ1) is 11.0. The number of ether oxygens (including phenoxy) is 1. The van der Waals surface area contributed by atoms with Gasteiger partial charge < -0.3 is 4.74 Å².